The van der Waals surface area contributed by atoms with Crippen LogP contribution in [0.1, 0.15) is 36.9 Å². The van der Waals surface area contributed by atoms with Crippen molar-refractivity contribution >= 4 is 12.4 Å². The van der Waals surface area contributed by atoms with Crippen molar-refractivity contribution in [3.8, 4) is 0 Å². The molecule has 17 heavy (non-hydrogen) atoms. The van der Waals surface area contributed by atoms with Gasteiger partial charge in [-0.3, -0.25) is 0 Å². The van der Waals surface area contributed by atoms with E-state index < -0.39 is 23.6 Å². The van der Waals surface area contributed by atoms with E-state index in [0.29, 0.717) is 12.8 Å². The largest absolute Gasteiger partial charge is 0.419 e. The predicted octanol–water partition coefficient (Wildman–Crippen LogP) is 4.07. The number of rotatable bonds is 3. The van der Waals surface area contributed by atoms with Gasteiger partial charge in [0.05, 0.1) is 5.56 Å². The first-order valence-electron chi connectivity index (χ1n) is 4.99. The summed E-state index contributed by atoms with van der Waals surface area (Å²) >= 11 is 0. The number of benzene rings is 1. The molecule has 0 aliphatic carbocycles. The Morgan fingerprint density at radius 1 is 1.29 bits per heavy atom. The molecule has 1 atom stereocenters. The third kappa shape index (κ3) is 3.85. The van der Waals surface area contributed by atoms with Gasteiger partial charge in [0.1, 0.15) is 5.82 Å². The lowest BCUT2D eigenvalue weighted by Crippen LogP contribution is -2.19. The van der Waals surface area contributed by atoms with Gasteiger partial charge in [0.15, 0.2) is 0 Å². The van der Waals surface area contributed by atoms with E-state index in [4.69, 9.17) is 5.73 Å². The molecule has 0 bridgehead atoms. The number of hydrogen-bond donors (Lipinski definition) is 1. The quantitative estimate of drug-likeness (QED) is 0.824. The Morgan fingerprint density at radius 2 is 1.88 bits per heavy atom. The summed E-state index contributed by atoms with van der Waals surface area (Å²) in [6.45, 7) is 1.81. The molecule has 2 N–H and O–H groups in total. The van der Waals surface area contributed by atoms with Gasteiger partial charge in [-0.2, -0.15) is 13.2 Å². The van der Waals surface area contributed by atoms with Crippen molar-refractivity contribution in [2.75, 3.05) is 0 Å². The molecule has 6 heteroatoms. The second kappa shape index (κ2) is 6.21. The minimum Gasteiger partial charge on any atom is -0.324 e. The first-order chi connectivity index (χ1) is 7.38. The van der Waals surface area contributed by atoms with E-state index in [2.05, 4.69) is 0 Å². The van der Waals surface area contributed by atoms with Gasteiger partial charge in [-0.1, -0.05) is 25.5 Å². The predicted molar refractivity (Wildman–Crippen MR) is 60.5 cm³/mol. The average molecular weight is 272 g/mol. The highest BCUT2D eigenvalue weighted by atomic mass is 35.5. The monoisotopic (exact) mass is 271 g/mol. The van der Waals surface area contributed by atoms with E-state index in [9.17, 15) is 17.6 Å². The van der Waals surface area contributed by atoms with Gasteiger partial charge in [-0.05, 0) is 18.1 Å². The van der Waals surface area contributed by atoms with Gasteiger partial charge in [-0.15, -0.1) is 12.4 Å². The molecule has 1 aromatic rings. The van der Waals surface area contributed by atoms with Crippen molar-refractivity contribution in [3.05, 3.63) is 35.1 Å². The lowest BCUT2D eigenvalue weighted by molar-refractivity contribution is -0.140. The van der Waals surface area contributed by atoms with Crippen LogP contribution < -0.4 is 5.73 Å². The zero-order valence-corrected chi connectivity index (χ0v) is 10.0. The van der Waals surface area contributed by atoms with E-state index in [0.717, 1.165) is 6.07 Å². The molecule has 0 saturated heterocycles. The van der Waals surface area contributed by atoms with Crippen LogP contribution >= 0.6 is 12.4 Å². The van der Waals surface area contributed by atoms with E-state index in [-0.39, 0.29) is 18.0 Å². The van der Waals surface area contributed by atoms with Crippen LogP contribution in [0.3, 0.4) is 0 Å². The molecular formula is C11H14ClF4N. The Kier molecular flexibility index (Phi) is 5.92. The molecule has 0 radical (unpaired) electrons. The third-order valence-electron chi connectivity index (χ3n) is 2.33. The van der Waals surface area contributed by atoms with Crippen molar-refractivity contribution in [2.45, 2.75) is 32.0 Å². The molecular weight excluding hydrogens is 258 g/mol. The van der Waals surface area contributed by atoms with Crippen molar-refractivity contribution in [2.24, 2.45) is 5.73 Å². The normalized spacial score (nSPS) is 13.1. The molecule has 1 nitrogen and oxygen atoms in total. The molecule has 0 heterocycles. The summed E-state index contributed by atoms with van der Waals surface area (Å²) in [7, 11) is 0. The average Bonchev–Trinajstić information content (AvgIpc) is 2.15. The first-order valence-corrected chi connectivity index (χ1v) is 4.99. The Morgan fingerprint density at radius 3 is 2.35 bits per heavy atom. The minimum absolute atomic E-state index is 0. The smallest absolute Gasteiger partial charge is 0.324 e. The highest BCUT2D eigenvalue weighted by Gasteiger charge is 2.37. The Labute approximate surface area is 103 Å². The van der Waals surface area contributed by atoms with Gasteiger partial charge in [-0.25, -0.2) is 4.39 Å². The zero-order valence-electron chi connectivity index (χ0n) is 9.22. The molecule has 0 aromatic heterocycles. The summed E-state index contributed by atoms with van der Waals surface area (Å²) in [4.78, 5) is 0. The SMILES string of the molecule is CCC[C@H](N)c1cccc(F)c1C(F)(F)F.Cl. The first kappa shape index (κ1) is 16.2. The molecule has 0 saturated carbocycles. The van der Waals surface area contributed by atoms with Gasteiger partial charge < -0.3 is 5.73 Å². The minimum atomic E-state index is -4.70. The highest BCUT2D eigenvalue weighted by Crippen LogP contribution is 2.36. The van der Waals surface area contributed by atoms with Crippen LogP contribution in [0, 0.1) is 5.82 Å². The lowest BCUT2D eigenvalue weighted by Gasteiger charge is -2.18. The summed E-state index contributed by atoms with van der Waals surface area (Å²) in [5.74, 6) is -1.27. The van der Waals surface area contributed by atoms with Crippen LogP contribution in [0.15, 0.2) is 18.2 Å². The van der Waals surface area contributed by atoms with Gasteiger partial charge in [0.2, 0.25) is 0 Å². The number of hydrogen-bond acceptors (Lipinski definition) is 1. The molecule has 1 rings (SSSR count). The number of alkyl halides is 3. The maximum Gasteiger partial charge on any atom is 0.419 e. The zero-order chi connectivity index (χ0) is 12.3. The molecule has 98 valence electrons. The van der Waals surface area contributed by atoms with Gasteiger partial charge >= 0.3 is 6.18 Å². The van der Waals surface area contributed by atoms with Crippen LogP contribution in [0.5, 0.6) is 0 Å². The third-order valence-corrected chi connectivity index (χ3v) is 2.33. The summed E-state index contributed by atoms with van der Waals surface area (Å²) in [5, 5.41) is 0. The fourth-order valence-electron chi connectivity index (χ4n) is 1.62. The van der Waals surface area contributed by atoms with Gasteiger partial charge in [0.25, 0.3) is 0 Å². The fraction of sp³-hybridized carbons (Fsp3) is 0.455. The van der Waals surface area contributed by atoms with Crippen LogP contribution in [0.4, 0.5) is 17.6 Å². The lowest BCUT2D eigenvalue weighted by atomic mass is 9.97. The Balaban J connectivity index is 0.00000256. The van der Waals surface area contributed by atoms with E-state index >= 15 is 0 Å². The van der Waals surface area contributed by atoms with E-state index in [1.807, 2.05) is 6.92 Å². The maximum atomic E-state index is 13.2. The Hall–Kier alpha value is -0.810. The molecule has 0 unspecified atom stereocenters. The van der Waals surface area contributed by atoms with Crippen LogP contribution in [-0.2, 0) is 6.18 Å². The summed E-state index contributed by atoms with van der Waals surface area (Å²) < 4.78 is 51.0. The Bertz CT molecular complexity index is 365. The highest BCUT2D eigenvalue weighted by molar-refractivity contribution is 5.85. The molecule has 0 aliphatic heterocycles. The molecule has 1 aromatic carbocycles. The second-order valence-electron chi connectivity index (χ2n) is 3.60. The molecule has 0 spiro atoms. The molecule has 0 amide bonds. The summed E-state index contributed by atoms with van der Waals surface area (Å²) in [6.07, 6.45) is -3.66. The maximum absolute atomic E-state index is 13.2. The van der Waals surface area contributed by atoms with E-state index in [1.54, 1.807) is 0 Å². The van der Waals surface area contributed by atoms with E-state index in [1.165, 1.54) is 12.1 Å². The topological polar surface area (TPSA) is 26.0 Å². The van der Waals surface area contributed by atoms with Crippen molar-refractivity contribution in [1.82, 2.24) is 0 Å². The number of halogens is 5. The fourth-order valence-corrected chi connectivity index (χ4v) is 1.62. The number of nitrogens with two attached hydrogens (primary N) is 1. The molecule has 0 aliphatic rings. The van der Waals surface area contributed by atoms with Crippen molar-refractivity contribution in [3.63, 3.8) is 0 Å². The standard InChI is InChI=1S/C11H13F4N.ClH/c1-2-4-9(16)7-5-3-6-8(12)10(7)11(13,14)15;/h3,5-6,9H,2,4,16H2,1H3;1H/t9-;/m0./s1. The van der Waals surface area contributed by atoms with Crippen LogP contribution in [0.2, 0.25) is 0 Å². The van der Waals surface area contributed by atoms with Crippen molar-refractivity contribution in [1.29, 1.82) is 0 Å². The molecule has 0 fully saturated rings. The van der Waals surface area contributed by atoms with Crippen LogP contribution in [0.25, 0.3) is 0 Å². The van der Waals surface area contributed by atoms with Gasteiger partial charge in [0, 0.05) is 6.04 Å². The summed E-state index contributed by atoms with van der Waals surface area (Å²) in [5.41, 5.74) is 4.19. The van der Waals surface area contributed by atoms with Crippen LogP contribution in [-0.4, -0.2) is 0 Å². The van der Waals surface area contributed by atoms with Crippen molar-refractivity contribution < 1.29 is 17.6 Å². The summed E-state index contributed by atoms with van der Waals surface area (Å²) in [6, 6.07) is 2.49. The second-order valence-corrected chi connectivity index (χ2v) is 3.60.